The van der Waals surface area contributed by atoms with Crippen LogP contribution >= 0.6 is 0 Å². The van der Waals surface area contributed by atoms with Crippen molar-refractivity contribution in [2.45, 2.75) is 33.6 Å². The molecule has 180 valence electrons. The summed E-state index contributed by atoms with van der Waals surface area (Å²) in [6.07, 6.45) is 0. The van der Waals surface area contributed by atoms with E-state index < -0.39 is 0 Å². The summed E-state index contributed by atoms with van der Waals surface area (Å²) in [5.74, 6) is 0.968. The van der Waals surface area contributed by atoms with Crippen LogP contribution in [0.4, 0.5) is 5.69 Å². The highest BCUT2D eigenvalue weighted by atomic mass is 16.5. The first-order chi connectivity index (χ1) is 16.9. The zero-order valence-corrected chi connectivity index (χ0v) is 20.4. The van der Waals surface area contributed by atoms with Gasteiger partial charge in [-0.3, -0.25) is 9.59 Å². The van der Waals surface area contributed by atoms with Gasteiger partial charge in [0.25, 0.3) is 5.91 Å². The number of amides is 1. The summed E-state index contributed by atoms with van der Waals surface area (Å²) in [6.45, 7) is 8.37. The second-order valence-electron chi connectivity index (χ2n) is 8.62. The van der Waals surface area contributed by atoms with E-state index in [0.29, 0.717) is 40.3 Å². The summed E-state index contributed by atoms with van der Waals surface area (Å²) in [5.41, 5.74) is 3.36. The fourth-order valence-electron chi connectivity index (χ4n) is 3.89. The number of hydrogen-bond acceptors (Lipinski definition) is 5. The molecular formula is C29H29NO5. The average Bonchev–Trinajstić information content (AvgIpc) is 3.21. The normalized spacial score (nSPS) is 11.0. The van der Waals surface area contributed by atoms with Crippen molar-refractivity contribution < 1.29 is 23.5 Å². The third-order valence-corrected chi connectivity index (χ3v) is 5.64. The van der Waals surface area contributed by atoms with Crippen LogP contribution in [0.1, 0.15) is 53.9 Å². The Balaban J connectivity index is 1.58. The maximum atomic E-state index is 13.3. The van der Waals surface area contributed by atoms with Crippen LogP contribution in [-0.2, 0) is 4.79 Å². The van der Waals surface area contributed by atoms with Crippen molar-refractivity contribution >= 4 is 28.3 Å². The van der Waals surface area contributed by atoms with Gasteiger partial charge in [0.05, 0.1) is 12.3 Å². The minimum Gasteiger partial charge on any atom is -0.494 e. The van der Waals surface area contributed by atoms with Crippen molar-refractivity contribution in [1.29, 1.82) is 0 Å². The van der Waals surface area contributed by atoms with E-state index in [4.69, 9.17) is 13.9 Å². The largest absolute Gasteiger partial charge is 0.494 e. The molecule has 0 aliphatic rings. The van der Waals surface area contributed by atoms with E-state index in [0.717, 1.165) is 11.1 Å². The molecule has 0 aliphatic heterocycles. The number of furan rings is 1. The fraction of sp³-hybridized carbons (Fsp3) is 0.241. The molecule has 3 aromatic carbocycles. The van der Waals surface area contributed by atoms with E-state index >= 15 is 0 Å². The van der Waals surface area contributed by atoms with E-state index in [9.17, 15) is 9.59 Å². The molecule has 4 aromatic rings. The molecule has 1 heterocycles. The van der Waals surface area contributed by atoms with E-state index in [-0.39, 0.29) is 30.0 Å². The predicted octanol–water partition coefficient (Wildman–Crippen LogP) is 6.51. The summed E-state index contributed by atoms with van der Waals surface area (Å²) >= 11 is 0. The number of nitrogens with one attached hydrogen (secondary N) is 1. The van der Waals surface area contributed by atoms with Crippen LogP contribution in [0.5, 0.6) is 11.5 Å². The number of para-hydroxylation sites is 1. The number of fused-ring (bicyclic) bond motifs is 1. The van der Waals surface area contributed by atoms with Crippen LogP contribution in [0.3, 0.4) is 0 Å². The maximum Gasteiger partial charge on any atom is 0.262 e. The van der Waals surface area contributed by atoms with E-state index in [1.807, 2.05) is 50.2 Å². The molecule has 35 heavy (non-hydrogen) atoms. The van der Waals surface area contributed by atoms with Gasteiger partial charge in [-0.2, -0.15) is 0 Å². The number of anilines is 1. The van der Waals surface area contributed by atoms with Gasteiger partial charge >= 0.3 is 0 Å². The van der Waals surface area contributed by atoms with Crippen LogP contribution in [0.25, 0.3) is 11.0 Å². The van der Waals surface area contributed by atoms with Crippen LogP contribution in [0.15, 0.2) is 71.1 Å². The van der Waals surface area contributed by atoms with Gasteiger partial charge in [0.2, 0.25) is 5.78 Å². The van der Waals surface area contributed by atoms with Gasteiger partial charge in [0.1, 0.15) is 17.1 Å². The molecule has 6 heteroatoms. The fourth-order valence-corrected chi connectivity index (χ4v) is 3.89. The van der Waals surface area contributed by atoms with Crippen molar-refractivity contribution in [3.63, 3.8) is 0 Å². The molecular weight excluding hydrogens is 442 g/mol. The Morgan fingerprint density at radius 3 is 2.43 bits per heavy atom. The average molecular weight is 472 g/mol. The van der Waals surface area contributed by atoms with Crippen LogP contribution < -0.4 is 14.8 Å². The van der Waals surface area contributed by atoms with Crippen LogP contribution in [0.2, 0.25) is 0 Å². The second-order valence-corrected chi connectivity index (χ2v) is 8.62. The summed E-state index contributed by atoms with van der Waals surface area (Å²) in [5, 5.41) is 3.49. The molecule has 6 nitrogen and oxygen atoms in total. The van der Waals surface area contributed by atoms with E-state index in [1.165, 1.54) is 0 Å². The Labute approximate surface area is 204 Å². The highest BCUT2D eigenvalue weighted by Crippen LogP contribution is 2.33. The molecule has 0 fully saturated rings. The molecule has 0 saturated carbocycles. The molecule has 1 amide bonds. The molecule has 0 bridgehead atoms. The molecule has 0 unspecified atom stereocenters. The topological polar surface area (TPSA) is 77.8 Å². The number of rotatable bonds is 9. The van der Waals surface area contributed by atoms with Gasteiger partial charge in [0.15, 0.2) is 12.4 Å². The van der Waals surface area contributed by atoms with Crippen LogP contribution in [-0.4, -0.2) is 24.9 Å². The van der Waals surface area contributed by atoms with E-state index in [1.54, 1.807) is 30.3 Å². The minimum atomic E-state index is -0.381. The Morgan fingerprint density at radius 2 is 1.71 bits per heavy atom. The number of hydrogen-bond donors (Lipinski definition) is 1. The van der Waals surface area contributed by atoms with Crippen molar-refractivity contribution in [1.82, 2.24) is 0 Å². The second kappa shape index (κ2) is 10.5. The summed E-state index contributed by atoms with van der Waals surface area (Å²) in [4.78, 5) is 26.2. The summed E-state index contributed by atoms with van der Waals surface area (Å²) in [6, 6.07) is 20.0. The van der Waals surface area contributed by atoms with Crippen molar-refractivity contribution in [3.8, 4) is 11.5 Å². The lowest BCUT2D eigenvalue weighted by Crippen LogP contribution is -2.21. The lowest BCUT2D eigenvalue weighted by atomic mass is 10.0. The Bertz CT molecular complexity index is 1350. The smallest absolute Gasteiger partial charge is 0.262 e. The van der Waals surface area contributed by atoms with Gasteiger partial charge in [-0.25, -0.2) is 0 Å². The highest BCUT2D eigenvalue weighted by Gasteiger charge is 2.24. The van der Waals surface area contributed by atoms with Crippen LogP contribution in [0, 0.1) is 6.92 Å². The number of carbonyl (C=O) groups is 2. The number of benzene rings is 3. The van der Waals surface area contributed by atoms with Gasteiger partial charge in [-0.1, -0.05) is 38.1 Å². The maximum absolute atomic E-state index is 13.3. The first kappa shape index (κ1) is 24.1. The molecule has 0 atom stereocenters. The molecule has 1 N–H and O–H groups in total. The summed E-state index contributed by atoms with van der Waals surface area (Å²) < 4.78 is 17.2. The van der Waals surface area contributed by atoms with Gasteiger partial charge < -0.3 is 19.2 Å². The predicted molar refractivity (Wildman–Crippen MR) is 137 cm³/mol. The number of carbonyl (C=O) groups excluding carboxylic acids is 2. The third kappa shape index (κ3) is 5.38. The molecule has 1 aromatic heterocycles. The monoisotopic (exact) mass is 471 g/mol. The van der Waals surface area contributed by atoms with Gasteiger partial charge in [-0.15, -0.1) is 0 Å². The first-order valence-corrected chi connectivity index (χ1v) is 11.7. The van der Waals surface area contributed by atoms with Crippen molar-refractivity contribution in [2.75, 3.05) is 18.5 Å². The standard InChI is InChI=1S/C29H29NO5/c1-5-33-21-13-11-20(12-14-21)28(32)29-27(23-8-6-7-9-24(23)35-29)30-26(31)17-34-25-16-19(4)10-15-22(25)18(2)3/h6-16,18H,5,17H2,1-4H3,(H,30,31). The molecule has 0 saturated heterocycles. The van der Waals surface area contributed by atoms with Crippen molar-refractivity contribution in [2.24, 2.45) is 0 Å². The minimum absolute atomic E-state index is 0.0714. The molecule has 0 spiro atoms. The zero-order chi connectivity index (χ0) is 24.9. The van der Waals surface area contributed by atoms with Gasteiger partial charge in [-0.05, 0) is 73.4 Å². The highest BCUT2D eigenvalue weighted by molar-refractivity contribution is 6.17. The zero-order valence-electron chi connectivity index (χ0n) is 20.4. The van der Waals surface area contributed by atoms with E-state index in [2.05, 4.69) is 19.2 Å². The SMILES string of the molecule is CCOc1ccc(C(=O)c2oc3ccccc3c2NC(=O)COc2cc(C)ccc2C(C)C)cc1. The molecule has 0 aliphatic carbocycles. The Kier molecular flexibility index (Phi) is 7.20. The Hall–Kier alpha value is -4.06. The summed E-state index contributed by atoms with van der Waals surface area (Å²) in [7, 11) is 0. The lowest BCUT2D eigenvalue weighted by Gasteiger charge is -2.15. The quantitative estimate of drug-likeness (QED) is 0.282. The molecule has 4 rings (SSSR count). The van der Waals surface area contributed by atoms with Crippen molar-refractivity contribution in [3.05, 3.63) is 89.2 Å². The third-order valence-electron chi connectivity index (χ3n) is 5.64. The molecule has 0 radical (unpaired) electrons. The number of ether oxygens (including phenoxy) is 2. The Morgan fingerprint density at radius 1 is 0.971 bits per heavy atom. The number of ketones is 1. The first-order valence-electron chi connectivity index (χ1n) is 11.7. The lowest BCUT2D eigenvalue weighted by molar-refractivity contribution is -0.118. The number of aryl methyl sites for hydroxylation is 1. The van der Waals surface area contributed by atoms with Gasteiger partial charge in [0, 0.05) is 10.9 Å².